The van der Waals surface area contributed by atoms with E-state index in [1.54, 1.807) is 18.9 Å². The van der Waals surface area contributed by atoms with Crippen molar-refractivity contribution < 1.29 is 14.7 Å². The maximum Gasteiger partial charge on any atom is 0.326 e. The Hall–Kier alpha value is -1.30. The van der Waals surface area contributed by atoms with Gasteiger partial charge >= 0.3 is 12.0 Å². The number of carboxylic acids is 1. The maximum atomic E-state index is 12.2. The minimum atomic E-state index is -0.956. The van der Waals surface area contributed by atoms with Crippen molar-refractivity contribution in [1.82, 2.24) is 14.7 Å². The Morgan fingerprint density at radius 2 is 1.68 bits per heavy atom. The lowest BCUT2D eigenvalue weighted by Crippen LogP contribution is -2.49. The second kappa shape index (κ2) is 8.74. The van der Waals surface area contributed by atoms with E-state index < -0.39 is 12.0 Å². The molecule has 0 rings (SSSR count). The SMILES string of the molecule is CCC(C(=O)O)N(C)C(=O)N(CC)CCCN(C)C. The lowest BCUT2D eigenvalue weighted by molar-refractivity contribution is -0.142. The largest absolute Gasteiger partial charge is 0.480 e. The number of carbonyl (C=O) groups excluding carboxylic acids is 1. The van der Waals surface area contributed by atoms with Gasteiger partial charge in [-0.2, -0.15) is 0 Å². The van der Waals surface area contributed by atoms with Gasteiger partial charge in [0.2, 0.25) is 0 Å². The molecule has 112 valence electrons. The van der Waals surface area contributed by atoms with Crippen LogP contribution >= 0.6 is 0 Å². The highest BCUT2D eigenvalue weighted by Crippen LogP contribution is 2.07. The van der Waals surface area contributed by atoms with Gasteiger partial charge in [0.25, 0.3) is 0 Å². The minimum absolute atomic E-state index is 0.212. The van der Waals surface area contributed by atoms with Crippen LogP contribution in [0.1, 0.15) is 26.7 Å². The second-order valence-corrected chi connectivity index (χ2v) is 4.89. The molecule has 1 atom stereocenters. The van der Waals surface area contributed by atoms with Crippen molar-refractivity contribution in [3.05, 3.63) is 0 Å². The molecule has 19 heavy (non-hydrogen) atoms. The second-order valence-electron chi connectivity index (χ2n) is 4.89. The van der Waals surface area contributed by atoms with E-state index in [4.69, 9.17) is 5.11 Å². The number of hydrogen-bond donors (Lipinski definition) is 1. The van der Waals surface area contributed by atoms with E-state index in [1.807, 2.05) is 21.0 Å². The zero-order chi connectivity index (χ0) is 15.0. The third-order valence-corrected chi connectivity index (χ3v) is 3.13. The van der Waals surface area contributed by atoms with E-state index in [1.165, 1.54) is 4.90 Å². The van der Waals surface area contributed by atoms with Crippen molar-refractivity contribution in [2.24, 2.45) is 0 Å². The summed E-state index contributed by atoms with van der Waals surface area (Å²) in [5.41, 5.74) is 0. The van der Waals surface area contributed by atoms with Gasteiger partial charge in [-0.3, -0.25) is 0 Å². The van der Waals surface area contributed by atoms with Crippen LogP contribution in [0.3, 0.4) is 0 Å². The van der Waals surface area contributed by atoms with E-state index in [9.17, 15) is 9.59 Å². The standard InChI is InChI=1S/C13H27N3O3/c1-6-11(12(17)18)15(5)13(19)16(7-2)10-8-9-14(3)4/h11H,6-10H2,1-5H3,(H,17,18). The van der Waals surface area contributed by atoms with E-state index in [0.29, 0.717) is 19.5 Å². The Labute approximate surface area is 116 Å². The highest BCUT2D eigenvalue weighted by molar-refractivity contribution is 5.82. The van der Waals surface area contributed by atoms with Crippen molar-refractivity contribution >= 4 is 12.0 Å². The number of urea groups is 1. The van der Waals surface area contributed by atoms with Gasteiger partial charge in [0.15, 0.2) is 0 Å². The molecule has 0 saturated heterocycles. The summed E-state index contributed by atoms with van der Waals surface area (Å²) in [5, 5.41) is 9.08. The van der Waals surface area contributed by atoms with Crippen LogP contribution in [0, 0.1) is 0 Å². The number of amides is 2. The summed E-state index contributed by atoms with van der Waals surface area (Å²) in [7, 11) is 5.53. The van der Waals surface area contributed by atoms with E-state index in [0.717, 1.165) is 13.0 Å². The van der Waals surface area contributed by atoms with Crippen molar-refractivity contribution in [3.8, 4) is 0 Å². The summed E-state index contributed by atoms with van der Waals surface area (Å²) in [5.74, 6) is -0.956. The number of likely N-dealkylation sites (N-methyl/N-ethyl adjacent to an activating group) is 1. The number of carbonyl (C=O) groups is 2. The van der Waals surface area contributed by atoms with E-state index >= 15 is 0 Å². The highest BCUT2D eigenvalue weighted by Gasteiger charge is 2.27. The molecule has 0 saturated carbocycles. The Morgan fingerprint density at radius 3 is 2.05 bits per heavy atom. The molecule has 0 aromatic heterocycles. The van der Waals surface area contributed by atoms with E-state index in [-0.39, 0.29) is 6.03 Å². The molecule has 0 fully saturated rings. The van der Waals surface area contributed by atoms with Crippen LogP contribution in [-0.4, -0.2) is 78.6 Å². The smallest absolute Gasteiger partial charge is 0.326 e. The predicted molar refractivity (Wildman–Crippen MR) is 75.3 cm³/mol. The molecule has 1 N–H and O–H groups in total. The van der Waals surface area contributed by atoms with Crippen LogP contribution in [0.4, 0.5) is 4.79 Å². The Balaban J connectivity index is 4.51. The molecule has 2 amide bonds. The van der Waals surface area contributed by atoms with Crippen LogP contribution in [0.15, 0.2) is 0 Å². The average molecular weight is 273 g/mol. The third kappa shape index (κ3) is 5.92. The highest BCUT2D eigenvalue weighted by atomic mass is 16.4. The first-order chi connectivity index (χ1) is 8.84. The summed E-state index contributed by atoms with van der Waals surface area (Å²) in [6.07, 6.45) is 1.29. The number of nitrogens with zero attached hydrogens (tertiary/aromatic N) is 3. The van der Waals surface area contributed by atoms with Crippen molar-refractivity contribution in [2.75, 3.05) is 40.8 Å². The van der Waals surface area contributed by atoms with Gasteiger partial charge in [0, 0.05) is 20.1 Å². The van der Waals surface area contributed by atoms with Gasteiger partial charge < -0.3 is 19.8 Å². The lowest BCUT2D eigenvalue weighted by Gasteiger charge is -2.30. The number of carboxylic acid groups (broad SMARTS) is 1. The molecule has 0 aliphatic rings. The van der Waals surface area contributed by atoms with Gasteiger partial charge in [-0.15, -0.1) is 0 Å². The molecular formula is C13H27N3O3. The van der Waals surface area contributed by atoms with Gasteiger partial charge in [-0.05, 0) is 40.4 Å². The molecule has 6 heteroatoms. The van der Waals surface area contributed by atoms with Gasteiger partial charge in [-0.25, -0.2) is 9.59 Å². The van der Waals surface area contributed by atoms with Crippen LogP contribution in [0.25, 0.3) is 0 Å². The molecule has 0 spiro atoms. The molecule has 0 aromatic rings. The first-order valence-electron chi connectivity index (χ1n) is 6.74. The summed E-state index contributed by atoms with van der Waals surface area (Å²) in [6, 6.07) is -0.967. The first kappa shape index (κ1) is 17.7. The molecule has 0 heterocycles. The molecule has 0 aliphatic carbocycles. The molecule has 0 bridgehead atoms. The summed E-state index contributed by atoms with van der Waals surface area (Å²) >= 11 is 0. The Bertz CT molecular complexity index is 295. The van der Waals surface area contributed by atoms with Gasteiger partial charge in [0.05, 0.1) is 0 Å². The first-order valence-corrected chi connectivity index (χ1v) is 6.74. The third-order valence-electron chi connectivity index (χ3n) is 3.13. The fraction of sp³-hybridized carbons (Fsp3) is 0.846. The zero-order valence-electron chi connectivity index (χ0n) is 12.7. The van der Waals surface area contributed by atoms with Crippen LogP contribution in [-0.2, 0) is 4.79 Å². The average Bonchev–Trinajstić information content (AvgIpc) is 2.33. The number of rotatable bonds is 8. The molecule has 1 unspecified atom stereocenters. The summed E-state index contributed by atoms with van der Waals surface area (Å²) < 4.78 is 0. The van der Waals surface area contributed by atoms with Crippen LogP contribution < -0.4 is 0 Å². The van der Waals surface area contributed by atoms with Crippen LogP contribution in [0.5, 0.6) is 0 Å². The molecular weight excluding hydrogens is 246 g/mol. The van der Waals surface area contributed by atoms with Gasteiger partial charge in [0.1, 0.15) is 6.04 Å². The monoisotopic (exact) mass is 273 g/mol. The molecule has 0 radical (unpaired) electrons. The molecule has 0 aliphatic heterocycles. The lowest BCUT2D eigenvalue weighted by atomic mass is 10.2. The fourth-order valence-corrected chi connectivity index (χ4v) is 1.94. The fourth-order valence-electron chi connectivity index (χ4n) is 1.94. The number of aliphatic carboxylic acids is 1. The summed E-state index contributed by atoms with van der Waals surface area (Å²) in [4.78, 5) is 28.4. The van der Waals surface area contributed by atoms with Crippen molar-refractivity contribution in [1.29, 1.82) is 0 Å². The van der Waals surface area contributed by atoms with Crippen molar-refractivity contribution in [2.45, 2.75) is 32.7 Å². The van der Waals surface area contributed by atoms with E-state index in [2.05, 4.69) is 4.90 Å². The van der Waals surface area contributed by atoms with Crippen LogP contribution in [0.2, 0.25) is 0 Å². The Kier molecular flexibility index (Phi) is 8.14. The van der Waals surface area contributed by atoms with Gasteiger partial charge in [-0.1, -0.05) is 6.92 Å². The zero-order valence-corrected chi connectivity index (χ0v) is 12.7. The topological polar surface area (TPSA) is 64.1 Å². The maximum absolute atomic E-state index is 12.2. The quantitative estimate of drug-likeness (QED) is 0.721. The summed E-state index contributed by atoms with van der Waals surface area (Å²) in [6.45, 7) is 5.82. The number of hydrogen-bond acceptors (Lipinski definition) is 3. The Morgan fingerprint density at radius 1 is 1.11 bits per heavy atom. The van der Waals surface area contributed by atoms with Crippen molar-refractivity contribution in [3.63, 3.8) is 0 Å². The molecule has 0 aromatic carbocycles. The molecule has 6 nitrogen and oxygen atoms in total. The minimum Gasteiger partial charge on any atom is -0.480 e. The normalized spacial score (nSPS) is 12.3. The predicted octanol–water partition coefficient (Wildman–Crippen LogP) is 1.18.